The van der Waals surface area contributed by atoms with Crippen molar-refractivity contribution in [2.45, 2.75) is 33.0 Å². The van der Waals surface area contributed by atoms with Crippen molar-refractivity contribution in [2.75, 3.05) is 5.32 Å². The van der Waals surface area contributed by atoms with E-state index < -0.39 is 6.10 Å². The van der Waals surface area contributed by atoms with E-state index in [1.165, 1.54) is 6.92 Å². The number of carbonyl (C=O) groups is 1. The average molecular weight is 223 g/mol. The van der Waals surface area contributed by atoms with Crippen molar-refractivity contribution >= 4 is 11.6 Å². The van der Waals surface area contributed by atoms with Gasteiger partial charge in [-0.2, -0.15) is 0 Å². The summed E-state index contributed by atoms with van der Waals surface area (Å²) >= 11 is 0. The summed E-state index contributed by atoms with van der Waals surface area (Å²) in [6.45, 7) is 4.91. The minimum Gasteiger partial charge on any atom is -0.488 e. The molecule has 4 heteroatoms. The normalized spacial score (nSPS) is 14.0. The first-order valence-electron chi connectivity index (χ1n) is 5.21. The summed E-state index contributed by atoms with van der Waals surface area (Å²) in [5.74, 6) is 0.500. The molecule has 0 radical (unpaired) electrons. The molecule has 0 fully saturated rings. The van der Waals surface area contributed by atoms with Gasteiger partial charge in [-0.1, -0.05) is 6.07 Å². The Hall–Kier alpha value is -1.55. The molecule has 4 nitrogen and oxygen atoms in total. The zero-order chi connectivity index (χ0) is 12.1. The first kappa shape index (κ1) is 12.5. The number of anilines is 1. The van der Waals surface area contributed by atoms with E-state index in [1.807, 2.05) is 0 Å². The Labute approximate surface area is 95.2 Å². The average Bonchev–Trinajstić information content (AvgIpc) is 2.16. The highest BCUT2D eigenvalue weighted by Crippen LogP contribution is 2.19. The summed E-state index contributed by atoms with van der Waals surface area (Å²) in [4.78, 5) is 10.9. The fraction of sp³-hybridized carbons (Fsp3) is 0.417. The smallest absolute Gasteiger partial charge is 0.221 e. The van der Waals surface area contributed by atoms with E-state index >= 15 is 0 Å². The van der Waals surface area contributed by atoms with Crippen LogP contribution < -0.4 is 10.1 Å². The van der Waals surface area contributed by atoms with Gasteiger partial charge in [0.05, 0.1) is 6.10 Å². The standard InChI is InChI=1S/C12H17NO3/c1-8(14)9(2)16-12-6-4-5-11(7-12)13-10(3)15/h4-9,14H,1-3H3,(H,13,15). The number of benzene rings is 1. The van der Waals surface area contributed by atoms with Crippen molar-refractivity contribution in [3.63, 3.8) is 0 Å². The SMILES string of the molecule is CC(=O)Nc1cccc(OC(C)C(C)O)c1. The van der Waals surface area contributed by atoms with Gasteiger partial charge in [0.25, 0.3) is 0 Å². The van der Waals surface area contributed by atoms with Crippen molar-refractivity contribution < 1.29 is 14.6 Å². The maximum absolute atomic E-state index is 10.9. The van der Waals surface area contributed by atoms with Crippen LogP contribution in [0.5, 0.6) is 5.75 Å². The van der Waals surface area contributed by atoms with Crippen LogP contribution in [0.4, 0.5) is 5.69 Å². The Morgan fingerprint density at radius 3 is 2.69 bits per heavy atom. The Morgan fingerprint density at radius 1 is 1.44 bits per heavy atom. The number of carbonyl (C=O) groups excluding carboxylic acids is 1. The van der Waals surface area contributed by atoms with Crippen LogP contribution in [0.25, 0.3) is 0 Å². The van der Waals surface area contributed by atoms with Crippen LogP contribution in [-0.4, -0.2) is 23.2 Å². The third-order valence-electron chi connectivity index (χ3n) is 2.16. The van der Waals surface area contributed by atoms with Gasteiger partial charge in [0, 0.05) is 18.7 Å². The monoisotopic (exact) mass is 223 g/mol. The summed E-state index contributed by atoms with van der Waals surface area (Å²) in [5, 5.41) is 12.0. The molecule has 1 aromatic rings. The summed E-state index contributed by atoms with van der Waals surface area (Å²) in [6, 6.07) is 7.07. The van der Waals surface area contributed by atoms with Gasteiger partial charge in [0.1, 0.15) is 11.9 Å². The third kappa shape index (κ3) is 3.90. The topological polar surface area (TPSA) is 58.6 Å². The number of nitrogens with one attached hydrogen (secondary N) is 1. The Bertz CT molecular complexity index is 363. The lowest BCUT2D eigenvalue weighted by atomic mass is 10.2. The number of ether oxygens (including phenoxy) is 1. The summed E-state index contributed by atoms with van der Waals surface area (Å²) in [5.41, 5.74) is 0.683. The molecule has 1 rings (SSSR count). The van der Waals surface area contributed by atoms with Gasteiger partial charge in [-0.05, 0) is 26.0 Å². The number of rotatable bonds is 4. The molecule has 2 atom stereocenters. The van der Waals surface area contributed by atoms with E-state index in [0.29, 0.717) is 11.4 Å². The number of amides is 1. The molecule has 0 aliphatic rings. The lowest BCUT2D eigenvalue weighted by Gasteiger charge is -2.17. The van der Waals surface area contributed by atoms with Crippen molar-refractivity contribution in [3.05, 3.63) is 24.3 Å². The molecule has 16 heavy (non-hydrogen) atoms. The summed E-state index contributed by atoms with van der Waals surface area (Å²) < 4.78 is 5.50. The van der Waals surface area contributed by atoms with Crippen LogP contribution in [0, 0.1) is 0 Å². The molecular formula is C12H17NO3. The van der Waals surface area contributed by atoms with Crippen LogP contribution >= 0.6 is 0 Å². The molecule has 0 aromatic heterocycles. The van der Waals surface area contributed by atoms with Crippen molar-refractivity contribution in [1.29, 1.82) is 0 Å². The van der Waals surface area contributed by atoms with Gasteiger partial charge in [0.2, 0.25) is 5.91 Å². The van der Waals surface area contributed by atoms with E-state index in [9.17, 15) is 9.90 Å². The van der Waals surface area contributed by atoms with Crippen LogP contribution in [0.2, 0.25) is 0 Å². The Balaban J connectivity index is 2.70. The Kier molecular flexibility index (Phi) is 4.31. The molecule has 0 bridgehead atoms. The predicted molar refractivity (Wildman–Crippen MR) is 62.5 cm³/mol. The number of aliphatic hydroxyl groups excluding tert-OH is 1. The second-order valence-corrected chi connectivity index (χ2v) is 3.77. The van der Waals surface area contributed by atoms with E-state index in [0.717, 1.165) is 0 Å². The van der Waals surface area contributed by atoms with Gasteiger partial charge in [-0.3, -0.25) is 4.79 Å². The minimum absolute atomic E-state index is 0.124. The maximum Gasteiger partial charge on any atom is 0.221 e. The summed E-state index contributed by atoms with van der Waals surface area (Å²) in [6.07, 6.45) is -0.822. The first-order chi connectivity index (χ1) is 7.49. The van der Waals surface area contributed by atoms with Crippen LogP contribution in [-0.2, 0) is 4.79 Å². The molecular weight excluding hydrogens is 206 g/mol. The van der Waals surface area contributed by atoms with Crippen molar-refractivity contribution in [1.82, 2.24) is 0 Å². The first-order valence-corrected chi connectivity index (χ1v) is 5.21. The fourth-order valence-electron chi connectivity index (χ4n) is 1.16. The number of aliphatic hydroxyl groups is 1. The predicted octanol–water partition coefficient (Wildman–Crippen LogP) is 1.79. The molecule has 0 aliphatic carbocycles. The molecule has 0 heterocycles. The second-order valence-electron chi connectivity index (χ2n) is 3.77. The van der Waals surface area contributed by atoms with Crippen LogP contribution in [0.1, 0.15) is 20.8 Å². The Morgan fingerprint density at radius 2 is 2.12 bits per heavy atom. The van der Waals surface area contributed by atoms with Gasteiger partial charge < -0.3 is 15.2 Å². The highest BCUT2D eigenvalue weighted by atomic mass is 16.5. The van der Waals surface area contributed by atoms with Gasteiger partial charge in [0.15, 0.2) is 0 Å². The summed E-state index contributed by atoms with van der Waals surface area (Å²) in [7, 11) is 0. The zero-order valence-corrected chi connectivity index (χ0v) is 9.73. The molecule has 1 amide bonds. The quantitative estimate of drug-likeness (QED) is 0.818. The molecule has 2 unspecified atom stereocenters. The van der Waals surface area contributed by atoms with Crippen LogP contribution in [0.15, 0.2) is 24.3 Å². The largest absolute Gasteiger partial charge is 0.488 e. The van der Waals surface area contributed by atoms with Crippen LogP contribution in [0.3, 0.4) is 0 Å². The maximum atomic E-state index is 10.9. The number of hydrogen-bond acceptors (Lipinski definition) is 3. The highest BCUT2D eigenvalue weighted by Gasteiger charge is 2.10. The van der Waals surface area contributed by atoms with E-state index in [-0.39, 0.29) is 12.0 Å². The van der Waals surface area contributed by atoms with Crippen molar-refractivity contribution in [3.8, 4) is 5.75 Å². The van der Waals surface area contributed by atoms with E-state index in [1.54, 1.807) is 38.1 Å². The van der Waals surface area contributed by atoms with Gasteiger partial charge in [-0.15, -0.1) is 0 Å². The molecule has 0 saturated heterocycles. The van der Waals surface area contributed by atoms with Gasteiger partial charge in [-0.25, -0.2) is 0 Å². The van der Waals surface area contributed by atoms with Crippen molar-refractivity contribution in [2.24, 2.45) is 0 Å². The third-order valence-corrected chi connectivity index (χ3v) is 2.16. The molecule has 0 aliphatic heterocycles. The lowest BCUT2D eigenvalue weighted by molar-refractivity contribution is -0.114. The second kappa shape index (κ2) is 5.51. The molecule has 2 N–H and O–H groups in total. The molecule has 1 aromatic carbocycles. The molecule has 0 saturated carbocycles. The molecule has 0 spiro atoms. The highest BCUT2D eigenvalue weighted by molar-refractivity contribution is 5.88. The minimum atomic E-state index is -0.538. The van der Waals surface area contributed by atoms with E-state index in [2.05, 4.69) is 5.32 Å². The fourth-order valence-corrected chi connectivity index (χ4v) is 1.16. The number of hydrogen-bond donors (Lipinski definition) is 2. The van der Waals surface area contributed by atoms with E-state index in [4.69, 9.17) is 4.74 Å². The lowest BCUT2D eigenvalue weighted by Crippen LogP contribution is -2.25. The zero-order valence-electron chi connectivity index (χ0n) is 9.73. The van der Waals surface area contributed by atoms with Gasteiger partial charge >= 0.3 is 0 Å². The molecule has 88 valence electrons.